The Bertz CT molecular complexity index is 634. The first-order valence-corrected chi connectivity index (χ1v) is 9.24. The van der Waals surface area contributed by atoms with Crippen molar-refractivity contribution < 1.29 is 18.8 Å². The summed E-state index contributed by atoms with van der Waals surface area (Å²) in [7, 11) is -0.475. The fourth-order valence-electron chi connectivity index (χ4n) is 3.18. The van der Waals surface area contributed by atoms with Gasteiger partial charge in [0.2, 0.25) is 5.91 Å². The molecular formula is C18H28BN3O4. The Morgan fingerprint density at radius 3 is 2.46 bits per heavy atom. The number of nitrogens with zero attached hydrogens (tertiary/aromatic N) is 3. The molecule has 2 fully saturated rings. The predicted octanol–water partition coefficient (Wildman–Crippen LogP) is 1.41. The number of ether oxygens (including phenoxy) is 1. The fourth-order valence-corrected chi connectivity index (χ4v) is 3.18. The Hall–Kier alpha value is -1.67. The highest BCUT2D eigenvalue weighted by Gasteiger charge is 2.51. The van der Waals surface area contributed by atoms with Gasteiger partial charge in [-0.2, -0.15) is 0 Å². The molecule has 7 nitrogen and oxygen atoms in total. The molecular weight excluding hydrogens is 333 g/mol. The van der Waals surface area contributed by atoms with Gasteiger partial charge in [0.1, 0.15) is 0 Å². The van der Waals surface area contributed by atoms with Gasteiger partial charge < -0.3 is 18.9 Å². The molecule has 1 aromatic heterocycles. The number of aromatic nitrogens is 2. The van der Waals surface area contributed by atoms with Gasteiger partial charge in [0.25, 0.3) is 0 Å². The van der Waals surface area contributed by atoms with Crippen LogP contribution in [0.5, 0.6) is 6.01 Å². The Labute approximate surface area is 155 Å². The van der Waals surface area contributed by atoms with Gasteiger partial charge >= 0.3 is 13.1 Å². The monoisotopic (exact) mass is 361 g/mol. The van der Waals surface area contributed by atoms with Crippen molar-refractivity contribution in [3.63, 3.8) is 0 Å². The average Bonchev–Trinajstić information content (AvgIpc) is 2.81. The zero-order chi connectivity index (χ0) is 18.9. The molecule has 2 saturated heterocycles. The highest BCUT2D eigenvalue weighted by Crippen LogP contribution is 2.36. The number of piperidine rings is 1. The molecule has 0 aromatic carbocycles. The molecule has 1 atom stereocenters. The van der Waals surface area contributed by atoms with Crippen molar-refractivity contribution >= 4 is 18.5 Å². The van der Waals surface area contributed by atoms with Crippen molar-refractivity contribution in [1.29, 1.82) is 0 Å². The number of hydrogen-bond donors (Lipinski definition) is 0. The SMILES string of the molecule is CC(=O)N1CCC[C@@H](COc2ncc(B3OC(C)(C)C(C)(C)O3)cn2)C1. The molecule has 2 aliphatic heterocycles. The molecule has 0 N–H and O–H groups in total. The van der Waals surface area contributed by atoms with Gasteiger partial charge in [-0.05, 0) is 40.5 Å². The Morgan fingerprint density at radius 2 is 1.88 bits per heavy atom. The standard InChI is InChI=1S/C18H28BN3O4/c1-13(23)22-8-6-7-14(11-22)12-24-16-20-9-15(10-21-16)19-25-17(2,3)18(4,5)26-19/h9-10,14H,6-8,11-12H2,1-5H3/t14-/m1/s1. The van der Waals surface area contributed by atoms with Crippen molar-refractivity contribution in [2.45, 2.75) is 58.7 Å². The summed E-state index contributed by atoms with van der Waals surface area (Å²) >= 11 is 0. The molecule has 1 amide bonds. The van der Waals surface area contributed by atoms with E-state index in [0.29, 0.717) is 18.5 Å². The molecule has 8 heteroatoms. The quantitative estimate of drug-likeness (QED) is 0.755. The number of hydrogen-bond acceptors (Lipinski definition) is 6. The summed E-state index contributed by atoms with van der Waals surface area (Å²) in [5.74, 6) is 0.441. The molecule has 3 rings (SSSR count). The maximum absolute atomic E-state index is 11.5. The molecule has 0 bridgehead atoms. The van der Waals surface area contributed by atoms with Crippen molar-refractivity contribution in [2.24, 2.45) is 5.92 Å². The van der Waals surface area contributed by atoms with Crippen LogP contribution in [0.2, 0.25) is 0 Å². The molecule has 142 valence electrons. The second-order valence-corrected chi connectivity index (χ2v) is 8.17. The maximum Gasteiger partial charge on any atom is 0.498 e. The first kappa shape index (κ1) is 19.1. The van der Waals surface area contributed by atoms with E-state index < -0.39 is 18.3 Å². The topological polar surface area (TPSA) is 73.8 Å². The van der Waals surface area contributed by atoms with Gasteiger partial charge in [-0.15, -0.1) is 0 Å². The van der Waals surface area contributed by atoms with Gasteiger partial charge in [-0.25, -0.2) is 9.97 Å². The summed E-state index contributed by atoms with van der Waals surface area (Å²) in [5, 5.41) is 0. The van der Waals surface area contributed by atoms with Crippen LogP contribution in [0.4, 0.5) is 0 Å². The smallest absolute Gasteiger partial charge is 0.463 e. The van der Waals surface area contributed by atoms with Gasteiger partial charge in [0.05, 0.1) is 17.8 Å². The second kappa shape index (κ2) is 7.16. The second-order valence-electron chi connectivity index (χ2n) is 8.17. The summed E-state index contributed by atoms with van der Waals surface area (Å²) in [5.41, 5.74) is -0.0104. The van der Waals surface area contributed by atoms with Crippen LogP contribution in [-0.4, -0.2) is 58.8 Å². The highest BCUT2D eigenvalue weighted by molar-refractivity contribution is 6.61. The lowest BCUT2D eigenvalue weighted by Crippen LogP contribution is -2.41. The van der Waals surface area contributed by atoms with Crippen molar-refractivity contribution in [2.75, 3.05) is 19.7 Å². The molecule has 0 aliphatic carbocycles. The third-order valence-corrected chi connectivity index (χ3v) is 5.59. The van der Waals surface area contributed by atoms with E-state index in [1.165, 1.54) is 0 Å². The predicted molar refractivity (Wildman–Crippen MR) is 98.2 cm³/mol. The Balaban J connectivity index is 1.55. The average molecular weight is 361 g/mol. The minimum atomic E-state index is -0.475. The number of carbonyl (C=O) groups is 1. The van der Waals surface area contributed by atoms with E-state index in [-0.39, 0.29) is 5.91 Å². The van der Waals surface area contributed by atoms with E-state index in [4.69, 9.17) is 14.0 Å². The summed E-state index contributed by atoms with van der Waals surface area (Å²) in [4.78, 5) is 22.0. The molecule has 0 radical (unpaired) electrons. The van der Waals surface area contributed by atoms with Crippen LogP contribution in [0.15, 0.2) is 12.4 Å². The third-order valence-electron chi connectivity index (χ3n) is 5.59. The van der Waals surface area contributed by atoms with Crippen LogP contribution in [0.1, 0.15) is 47.5 Å². The number of likely N-dealkylation sites (tertiary alicyclic amines) is 1. The number of rotatable bonds is 4. The third kappa shape index (κ3) is 4.01. The maximum atomic E-state index is 11.5. The van der Waals surface area contributed by atoms with Crippen LogP contribution < -0.4 is 10.2 Å². The largest absolute Gasteiger partial charge is 0.498 e. The van der Waals surface area contributed by atoms with Gasteiger partial charge in [-0.1, -0.05) is 0 Å². The van der Waals surface area contributed by atoms with E-state index in [2.05, 4.69) is 9.97 Å². The lowest BCUT2D eigenvalue weighted by molar-refractivity contribution is -0.130. The van der Waals surface area contributed by atoms with Gasteiger partial charge in [-0.3, -0.25) is 4.79 Å². The molecule has 0 saturated carbocycles. The van der Waals surface area contributed by atoms with Gasteiger partial charge in [0, 0.05) is 43.8 Å². The minimum absolute atomic E-state index is 0.123. The normalized spacial score (nSPS) is 24.6. The first-order chi connectivity index (χ1) is 12.2. The summed E-state index contributed by atoms with van der Waals surface area (Å²) in [6, 6.07) is 0.338. The van der Waals surface area contributed by atoms with E-state index in [0.717, 1.165) is 31.4 Å². The van der Waals surface area contributed by atoms with E-state index in [1.54, 1.807) is 19.3 Å². The fraction of sp³-hybridized carbons (Fsp3) is 0.722. The van der Waals surface area contributed by atoms with E-state index in [9.17, 15) is 4.79 Å². The van der Waals surface area contributed by atoms with E-state index in [1.807, 2.05) is 32.6 Å². The van der Waals surface area contributed by atoms with E-state index >= 15 is 0 Å². The molecule has 3 heterocycles. The molecule has 2 aliphatic rings. The Morgan fingerprint density at radius 1 is 1.27 bits per heavy atom. The molecule has 1 aromatic rings. The van der Waals surface area contributed by atoms with Gasteiger partial charge in [0.15, 0.2) is 0 Å². The first-order valence-electron chi connectivity index (χ1n) is 9.24. The summed E-state index contributed by atoms with van der Waals surface area (Å²) in [6.45, 7) is 11.8. The molecule has 26 heavy (non-hydrogen) atoms. The van der Waals surface area contributed by atoms with Crippen LogP contribution in [-0.2, 0) is 14.1 Å². The molecule has 0 unspecified atom stereocenters. The lowest BCUT2D eigenvalue weighted by Gasteiger charge is -2.32. The van der Waals surface area contributed by atoms with Crippen LogP contribution in [0, 0.1) is 5.92 Å². The molecule has 0 spiro atoms. The minimum Gasteiger partial charge on any atom is -0.463 e. The lowest BCUT2D eigenvalue weighted by atomic mass is 9.81. The summed E-state index contributed by atoms with van der Waals surface area (Å²) < 4.78 is 17.7. The zero-order valence-corrected chi connectivity index (χ0v) is 16.3. The number of amides is 1. The summed E-state index contributed by atoms with van der Waals surface area (Å²) in [6.07, 6.45) is 5.44. The number of carbonyl (C=O) groups excluding carboxylic acids is 1. The highest BCUT2D eigenvalue weighted by atomic mass is 16.7. The Kier molecular flexibility index (Phi) is 5.26. The van der Waals surface area contributed by atoms with Crippen molar-refractivity contribution in [3.05, 3.63) is 12.4 Å². The van der Waals surface area contributed by atoms with Crippen molar-refractivity contribution in [3.8, 4) is 6.01 Å². The van der Waals surface area contributed by atoms with Crippen LogP contribution in [0.25, 0.3) is 0 Å². The van der Waals surface area contributed by atoms with Crippen LogP contribution in [0.3, 0.4) is 0 Å². The zero-order valence-electron chi connectivity index (χ0n) is 16.3. The van der Waals surface area contributed by atoms with Crippen molar-refractivity contribution in [1.82, 2.24) is 14.9 Å². The van der Waals surface area contributed by atoms with Crippen LogP contribution >= 0.6 is 0 Å².